The zero-order chi connectivity index (χ0) is 20.3. The van der Waals surface area contributed by atoms with Gasteiger partial charge in [0.2, 0.25) is 9.76 Å². The van der Waals surface area contributed by atoms with Crippen LogP contribution in [0.5, 0.6) is 0 Å². The molecule has 4 nitrogen and oxygen atoms in total. The van der Waals surface area contributed by atoms with Gasteiger partial charge in [-0.3, -0.25) is 0 Å². The Morgan fingerprint density at radius 1 is 1.12 bits per heavy atom. The van der Waals surface area contributed by atoms with E-state index in [0.717, 1.165) is 11.1 Å². The summed E-state index contributed by atoms with van der Waals surface area (Å²) >= 11 is 6.43. The van der Waals surface area contributed by atoms with E-state index >= 15 is 0 Å². The number of halogens is 1. The summed E-state index contributed by atoms with van der Waals surface area (Å²) in [6.45, 7) is 16.5. The average Bonchev–Trinajstić information content (AvgIpc) is 2.44. The number of benzene rings is 1. The van der Waals surface area contributed by atoms with Crippen LogP contribution in [0.15, 0.2) is 18.2 Å². The Balaban J connectivity index is 2.94. The van der Waals surface area contributed by atoms with Crippen LogP contribution < -0.4 is 0 Å². The Bertz CT molecular complexity index is 633. The van der Waals surface area contributed by atoms with Gasteiger partial charge in [0, 0.05) is 24.2 Å². The van der Waals surface area contributed by atoms with E-state index in [1.54, 1.807) is 11.9 Å². The summed E-state index contributed by atoms with van der Waals surface area (Å²) in [5.41, 5.74) is 0.878. The van der Waals surface area contributed by atoms with Crippen LogP contribution in [0.4, 0.5) is 4.79 Å². The molecule has 0 fully saturated rings. The maximum absolute atomic E-state index is 12.2. The lowest BCUT2D eigenvalue weighted by atomic mass is 9.96. The molecule has 0 aromatic heterocycles. The summed E-state index contributed by atoms with van der Waals surface area (Å²) in [4.78, 5) is 13.7. The van der Waals surface area contributed by atoms with Gasteiger partial charge in [0.05, 0.1) is 5.60 Å². The van der Waals surface area contributed by atoms with Crippen molar-refractivity contribution in [1.82, 2.24) is 4.90 Å². The third-order valence-corrected chi connectivity index (χ3v) is 4.97. The Kier molecular flexibility index (Phi) is 7.36. The summed E-state index contributed by atoms with van der Waals surface area (Å²) in [6.07, 6.45) is -0.348. The van der Waals surface area contributed by atoms with Crippen LogP contribution in [-0.2, 0) is 21.3 Å². The largest absolute Gasteiger partial charge is 0.444 e. The van der Waals surface area contributed by atoms with Crippen LogP contribution >= 0.6 is 11.6 Å². The number of rotatable bonds is 5. The fraction of sp³-hybridized carbons (Fsp3) is 0.650. The molecular formula is C20H32ClNO3Si. The fourth-order valence-corrected chi connectivity index (χ4v) is 3.16. The van der Waals surface area contributed by atoms with Gasteiger partial charge in [-0.05, 0) is 57.4 Å². The van der Waals surface area contributed by atoms with Gasteiger partial charge in [0.15, 0.2) is 0 Å². The van der Waals surface area contributed by atoms with Gasteiger partial charge in [-0.1, -0.05) is 38.4 Å². The summed E-state index contributed by atoms with van der Waals surface area (Å²) in [6, 6.07) is 5.80. The standard InChI is InChI=1S/C20H32ClNO3Si/c1-18(2,3)24-17(23)22(9)13-14-10-11-16(21)15(12-14)20(7,8)25-26-19(4,5)6/h10-12H,13H2,1-9H3. The van der Waals surface area contributed by atoms with Gasteiger partial charge >= 0.3 is 6.09 Å². The predicted octanol–water partition coefficient (Wildman–Crippen LogP) is 5.80. The number of carbonyl (C=O) groups excluding carboxylic acids is 1. The Morgan fingerprint density at radius 2 is 1.69 bits per heavy atom. The normalized spacial score (nSPS) is 12.8. The van der Waals surface area contributed by atoms with E-state index in [2.05, 4.69) is 20.8 Å². The Morgan fingerprint density at radius 3 is 2.19 bits per heavy atom. The molecule has 1 amide bonds. The van der Waals surface area contributed by atoms with Gasteiger partial charge in [0.1, 0.15) is 5.60 Å². The molecule has 0 spiro atoms. The van der Waals surface area contributed by atoms with Crippen molar-refractivity contribution in [3.8, 4) is 0 Å². The molecule has 0 saturated carbocycles. The van der Waals surface area contributed by atoms with Gasteiger partial charge in [-0.2, -0.15) is 0 Å². The molecule has 0 N–H and O–H groups in total. The Hall–Kier alpha value is -1.04. The second-order valence-electron chi connectivity index (χ2n) is 9.12. The third-order valence-electron chi connectivity index (χ3n) is 3.42. The molecule has 6 heteroatoms. The monoisotopic (exact) mass is 397 g/mol. The molecule has 0 bridgehead atoms. The second kappa shape index (κ2) is 8.32. The molecule has 0 heterocycles. The highest BCUT2D eigenvalue weighted by atomic mass is 35.5. The number of carbonyl (C=O) groups is 1. The lowest BCUT2D eigenvalue weighted by Gasteiger charge is -2.31. The minimum atomic E-state index is -0.514. The number of nitrogens with zero attached hydrogens (tertiary/aromatic N) is 1. The van der Waals surface area contributed by atoms with E-state index in [-0.39, 0.29) is 11.1 Å². The van der Waals surface area contributed by atoms with Crippen LogP contribution in [0, 0.1) is 0 Å². The molecule has 26 heavy (non-hydrogen) atoms. The highest BCUT2D eigenvalue weighted by Crippen LogP contribution is 2.34. The SMILES string of the molecule is CN(Cc1ccc(Cl)c(C(C)(C)O[Si]C(C)(C)C)c1)C(=O)OC(C)(C)C. The molecule has 0 aliphatic carbocycles. The van der Waals surface area contributed by atoms with E-state index in [9.17, 15) is 4.79 Å². The lowest BCUT2D eigenvalue weighted by Crippen LogP contribution is -2.34. The summed E-state index contributed by atoms with van der Waals surface area (Å²) < 4.78 is 11.6. The molecule has 2 radical (unpaired) electrons. The van der Waals surface area contributed by atoms with Gasteiger partial charge < -0.3 is 14.1 Å². The number of amides is 1. The van der Waals surface area contributed by atoms with Crippen molar-refractivity contribution in [2.45, 2.75) is 78.2 Å². The highest BCUT2D eigenvalue weighted by Gasteiger charge is 2.28. The van der Waals surface area contributed by atoms with Crippen LogP contribution in [-0.4, -0.2) is 33.4 Å². The first kappa shape index (κ1) is 23.0. The van der Waals surface area contributed by atoms with Gasteiger partial charge in [0.25, 0.3) is 0 Å². The van der Waals surface area contributed by atoms with E-state index in [1.165, 1.54) is 0 Å². The first-order valence-corrected chi connectivity index (χ1v) is 10.1. The van der Waals surface area contributed by atoms with Gasteiger partial charge in [-0.25, -0.2) is 4.79 Å². The van der Waals surface area contributed by atoms with E-state index in [0.29, 0.717) is 21.3 Å². The van der Waals surface area contributed by atoms with Crippen molar-refractivity contribution in [1.29, 1.82) is 0 Å². The molecule has 0 saturated heterocycles. The van der Waals surface area contributed by atoms with Crippen LogP contribution in [0.3, 0.4) is 0 Å². The zero-order valence-electron chi connectivity index (χ0n) is 17.5. The van der Waals surface area contributed by atoms with E-state index in [1.807, 2.05) is 52.8 Å². The minimum Gasteiger partial charge on any atom is -0.444 e. The Labute approximate surface area is 166 Å². The van der Waals surface area contributed by atoms with Crippen LogP contribution in [0.25, 0.3) is 0 Å². The summed E-state index contributed by atoms with van der Waals surface area (Å²) in [7, 11) is 2.08. The number of hydrogen-bond donors (Lipinski definition) is 0. The average molecular weight is 398 g/mol. The molecule has 0 atom stereocenters. The molecule has 1 rings (SSSR count). The highest BCUT2D eigenvalue weighted by molar-refractivity contribution is 6.32. The van der Waals surface area contributed by atoms with Crippen LogP contribution in [0.2, 0.25) is 10.1 Å². The third kappa shape index (κ3) is 7.68. The maximum atomic E-state index is 12.2. The first-order valence-electron chi connectivity index (χ1n) is 8.79. The van der Waals surface area contributed by atoms with E-state index in [4.69, 9.17) is 20.8 Å². The number of ether oxygens (including phenoxy) is 1. The number of hydrogen-bond acceptors (Lipinski definition) is 3. The van der Waals surface area contributed by atoms with Crippen LogP contribution in [0.1, 0.15) is 66.5 Å². The first-order chi connectivity index (χ1) is 11.6. The lowest BCUT2D eigenvalue weighted by molar-refractivity contribution is 0.0285. The second-order valence-corrected chi connectivity index (χ2v) is 11.4. The van der Waals surface area contributed by atoms with Crippen molar-refractivity contribution < 1.29 is 14.0 Å². The van der Waals surface area contributed by atoms with Crippen molar-refractivity contribution in [2.24, 2.45) is 0 Å². The fourth-order valence-electron chi connectivity index (χ4n) is 2.15. The van der Waals surface area contributed by atoms with Crippen molar-refractivity contribution >= 4 is 27.5 Å². The molecule has 0 unspecified atom stereocenters. The van der Waals surface area contributed by atoms with Crippen molar-refractivity contribution in [3.05, 3.63) is 34.3 Å². The van der Waals surface area contributed by atoms with Crippen molar-refractivity contribution in [2.75, 3.05) is 7.05 Å². The smallest absolute Gasteiger partial charge is 0.410 e. The quantitative estimate of drug-likeness (QED) is 0.589. The minimum absolute atomic E-state index is 0.0955. The molecular weight excluding hydrogens is 366 g/mol. The molecule has 0 aliphatic rings. The zero-order valence-corrected chi connectivity index (χ0v) is 19.2. The predicted molar refractivity (Wildman–Crippen MR) is 109 cm³/mol. The topological polar surface area (TPSA) is 38.8 Å². The van der Waals surface area contributed by atoms with E-state index < -0.39 is 11.2 Å². The maximum Gasteiger partial charge on any atom is 0.410 e. The molecule has 1 aromatic carbocycles. The van der Waals surface area contributed by atoms with Crippen molar-refractivity contribution in [3.63, 3.8) is 0 Å². The molecule has 1 aromatic rings. The molecule has 146 valence electrons. The summed E-state index contributed by atoms with van der Waals surface area (Å²) in [5, 5.41) is 0.760. The molecule has 0 aliphatic heterocycles. The van der Waals surface area contributed by atoms with Gasteiger partial charge in [-0.15, -0.1) is 0 Å². The summed E-state index contributed by atoms with van der Waals surface area (Å²) in [5.74, 6) is 0.